The van der Waals surface area contributed by atoms with Crippen molar-refractivity contribution < 1.29 is 41.0 Å². The molecule has 0 saturated heterocycles. The molecule has 0 bridgehead atoms. The van der Waals surface area contributed by atoms with E-state index in [9.17, 15) is 36.2 Å². The second kappa shape index (κ2) is 9.41. The smallest absolute Gasteiger partial charge is 0.424 e. The zero-order valence-corrected chi connectivity index (χ0v) is 16.1. The highest BCUT2D eigenvalue weighted by Crippen LogP contribution is 2.40. The SMILES string of the molecule is Cn1ccnc1C(O)(CCNC(=O)NCc1ccnc(OCC(F)(F)F)c1)C(F)(F)F. The van der Waals surface area contributed by atoms with Gasteiger partial charge in [-0.25, -0.2) is 14.8 Å². The summed E-state index contributed by atoms with van der Waals surface area (Å²) in [5, 5.41) is 14.7. The van der Waals surface area contributed by atoms with Crippen molar-refractivity contribution in [1.29, 1.82) is 0 Å². The van der Waals surface area contributed by atoms with E-state index in [2.05, 4.69) is 25.3 Å². The van der Waals surface area contributed by atoms with Gasteiger partial charge in [0.05, 0.1) is 0 Å². The first-order valence-electron chi connectivity index (χ1n) is 8.75. The van der Waals surface area contributed by atoms with Gasteiger partial charge in [-0.2, -0.15) is 26.3 Å². The molecule has 0 aliphatic rings. The Morgan fingerprint density at radius 1 is 1.16 bits per heavy atom. The highest BCUT2D eigenvalue weighted by atomic mass is 19.4. The number of halogens is 6. The fraction of sp³-hybridized carbons (Fsp3) is 0.471. The number of imidazole rings is 1. The molecule has 2 aromatic heterocycles. The molecule has 2 heterocycles. The normalized spacial score (nSPS) is 14.1. The number of hydrogen-bond donors (Lipinski definition) is 3. The third-order valence-corrected chi connectivity index (χ3v) is 4.07. The lowest BCUT2D eigenvalue weighted by atomic mass is 9.97. The average molecular weight is 455 g/mol. The highest BCUT2D eigenvalue weighted by molar-refractivity contribution is 5.73. The van der Waals surface area contributed by atoms with Crippen LogP contribution in [-0.2, 0) is 19.2 Å². The Bertz CT molecular complexity index is 886. The second-order valence-electron chi connectivity index (χ2n) is 6.49. The van der Waals surface area contributed by atoms with Crippen molar-refractivity contribution in [3.63, 3.8) is 0 Å². The standard InChI is InChI=1S/C17H19F6N5O3/c1-28-7-6-25-13(28)15(30,17(21,22)23)3-5-26-14(29)27-9-11-2-4-24-12(8-11)31-10-16(18,19)20/h2,4,6-8,30H,3,5,9-10H2,1H3,(H2,26,27,29). The summed E-state index contributed by atoms with van der Waals surface area (Å²) in [5.41, 5.74) is -2.92. The van der Waals surface area contributed by atoms with Crippen LogP contribution in [0.3, 0.4) is 0 Å². The van der Waals surface area contributed by atoms with Crippen LogP contribution in [0.2, 0.25) is 0 Å². The average Bonchev–Trinajstić information content (AvgIpc) is 3.10. The Kier molecular flexibility index (Phi) is 7.36. The van der Waals surface area contributed by atoms with E-state index < -0.39 is 49.4 Å². The van der Waals surface area contributed by atoms with E-state index in [0.29, 0.717) is 5.56 Å². The minimum atomic E-state index is -5.03. The predicted molar refractivity (Wildman–Crippen MR) is 93.8 cm³/mol. The van der Waals surface area contributed by atoms with Crippen molar-refractivity contribution in [1.82, 2.24) is 25.2 Å². The number of carbonyl (C=O) groups excluding carboxylic acids is 1. The molecule has 2 rings (SSSR count). The summed E-state index contributed by atoms with van der Waals surface area (Å²) in [6.45, 7) is -2.22. The van der Waals surface area contributed by atoms with Crippen LogP contribution < -0.4 is 15.4 Å². The molecular formula is C17H19F6N5O3. The number of nitrogens with zero attached hydrogens (tertiary/aromatic N) is 3. The highest BCUT2D eigenvalue weighted by Gasteiger charge is 2.57. The topological polar surface area (TPSA) is 101 Å². The molecule has 31 heavy (non-hydrogen) atoms. The summed E-state index contributed by atoms with van der Waals surface area (Å²) in [4.78, 5) is 19.0. The first-order chi connectivity index (χ1) is 14.3. The van der Waals surface area contributed by atoms with Gasteiger partial charge >= 0.3 is 18.4 Å². The van der Waals surface area contributed by atoms with Gasteiger partial charge in [-0.1, -0.05) is 0 Å². The van der Waals surface area contributed by atoms with E-state index in [1.807, 2.05) is 0 Å². The van der Waals surface area contributed by atoms with Gasteiger partial charge < -0.3 is 25.0 Å². The molecule has 3 N–H and O–H groups in total. The Morgan fingerprint density at radius 3 is 2.45 bits per heavy atom. The minimum Gasteiger partial charge on any atom is -0.468 e. The van der Waals surface area contributed by atoms with E-state index in [-0.39, 0.29) is 12.4 Å². The third-order valence-electron chi connectivity index (χ3n) is 4.07. The summed E-state index contributed by atoms with van der Waals surface area (Å²) < 4.78 is 82.2. The second-order valence-corrected chi connectivity index (χ2v) is 6.49. The molecule has 0 saturated carbocycles. The lowest BCUT2D eigenvalue weighted by molar-refractivity contribution is -0.272. The maximum Gasteiger partial charge on any atom is 0.424 e. The van der Waals surface area contributed by atoms with Crippen LogP contribution >= 0.6 is 0 Å². The van der Waals surface area contributed by atoms with Gasteiger partial charge in [-0.15, -0.1) is 0 Å². The van der Waals surface area contributed by atoms with Crippen molar-refractivity contribution in [2.45, 2.75) is 30.9 Å². The van der Waals surface area contributed by atoms with E-state index >= 15 is 0 Å². The number of urea groups is 1. The molecular weight excluding hydrogens is 436 g/mol. The minimum absolute atomic E-state index is 0.153. The van der Waals surface area contributed by atoms with Crippen LogP contribution in [0.15, 0.2) is 30.7 Å². The molecule has 0 spiro atoms. The quantitative estimate of drug-likeness (QED) is 0.531. The predicted octanol–water partition coefficient (Wildman–Crippen LogP) is 2.40. The maximum absolute atomic E-state index is 13.4. The molecule has 0 aliphatic heterocycles. The lowest BCUT2D eigenvalue weighted by Gasteiger charge is -2.29. The van der Waals surface area contributed by atoms with E-state index in [4.69, 9.17) is 0 Å². The number of nitrogens with one attached hydrogen (secondary N) is 2. The largest absolute Gasteiger partial charge is 0.468 e. The van der Waals surface area contributed by atoms with Crippen molar-refractivity contribution in [3.8, 4) is 5.88 Å². The number of aliphatic hydroxyl groups is 1. The number of aryl methyl sites for hydroxylation is 1. The first-order valence-corrected chi connectivity index (χ1v) is 8.75. The molecule has 14 heteroatoms. The third kappa shape index (κ3) is 6.73. The Balaban J connectivity index is 1.87. The summed E-state index contributed by atoms with van der Waals surface area (Å²) in [5.74, 6) is -0.923. The van der Waals surface area contributed by atoms with Gasteiger partial charge in [0, 0.05) is 51.2 Å². The summed E-state index contributed by atoms with van der Waals surface area (Å²) in [7, 11) is 1.29. The van der Waals surface area contributed by atoms with Gasteiger partial charge in [0.1, 0.15) is 5.82 Å². The first kappa shape index (κ1) is 24.2. The molecule has 0 radical (unpaired) electrons. The summed E-state index contributed by atoms with van der Waals surface area (Å²) in [6.07, 6.45) is -6.94. The van der Waals surface area contributed by atoms with Crippen molar-refractivity contribution in [2.24, 2.45) is 7.05 Å². The number of ether oxygens (including phenoxy) is 1. The molecule has 2 aromatic rings. The summed E-state index contributed by atoms with van der Waals surface area (Å²) >= 11 is 0. The van der Waals surface area contributed by atoms with Gasteiger partial charge in [-0.05, 0) is 11.6 Å². The van der Waals surface area contributed by atoms with Crippen LogP contribution in [0.25, 0.3) is 0 Å². The fourth-order valence-electron chi connectivity index (χ4n) is 2.54. The number of alkyl halides is 6. The molecule has 8 nitrogen and oxygen atoms in total. The molecule has 0 aromatic carbocycles. The monoisotopic (exact) mass is 455 g/mol. The van der Waals surface area contributed by atoms with E-state index in [1.54, 1.807) is 0 Å². The number of pyridine rings is 1. The van der Waals surface area contributed by atoms with Crippen LogP contribution in [0, 0.1) is 0 Å². The molecule has 1 atom stereocenters. The maximum atomic E-state index is 13.4. The Hall–Kier alpha value is -3.03. The van der Waals surface area contributed by atoms with Crippen LogP contribution in [0.1, 0.15) is 17.8 Å². The number of carbonyl (C=O) groups is 1. The zero-order chi connectivity index (χ0) is 23.3. The van der Waals surface area contributed by atoms with Crippen LogP contribution in [-0.4, -0.2) is 51.2 Å². The van der Waals surface area contributed by atoms with E-state index in [0.717, 1.165) is 10.8 Å². The number of amides is 2. The van der Waals surface area contributed by atoms with Gasteiger partial charge in [0.15, 0.2) is 6.61 Å². The molecule has 172 valence electrons. The Morgan fingerprint density at radius 2 is 1.87 bits per heavy atom. The molecule has 0 fully saturated rings. The molecule has 1 unspecified atom stereocenters. The molecule has 2 amide bonds. The van der Waals surface area contributed by atoms with Crippen LogP contribution in [0.5, 0.6) is 5.88 Å². The number of aromatic nitrogens is 3. The van der Waals surface area contributed by atoms with E-state index in [1.165, 1.54) is 31.6 Å². The Labute approximate surface area is 172 Å². The van der Waals surface area contributed by atoms with Crippen molar-refractivity contribution >= 4 is 6.03 Å². The van der Waals surface area contributed by atoms with Gasteiger partial charge in [0.25, 0.3) is 0 Å². The molecule has 0 aliphatic carbocycles. The van der Waals surface area contributed by atoms with Crippen molar-refractivity contribution in [2.75, 3.05) is 13.2 Å². The zero-order valence-electron chi connectivity index (χ0n) is 16.1. The van der Waals surface area contributed by atoms with Crippen LogP contribution in [0.4, 0.5) is 31.1 Å². The van der Waals surface area contributed by atoms with Gasteiger partial charge in [0.2, 0.25) is 11.5 Å². The number of rotatable bonds is 8. The summed E-state index contributed by atoms with van der Waals surface area (Å²) in [6, 6.07) is 1.73. The number of hydrogen-bond acceptors (Lipinski definition) is 5. The fourth-order valence-corrected chi connectivity index (χ4v) is 2.54. The van der Waals surface area contributed by atoms with Gasteiger partial charge in [-0.3, -0.25) is 0 Å². The van der Waals surface area contributed by atoms with Crippen molar-refractivity contribution in [3.05, 3.63) is 42.1 Å². The lowest BCUT2D eigenvalue weighted by Crippen LogP contribution is -2.47.